The van der Waals surface area contributed by atoms with Crippen molar-refractivity contribution >= 4 is 40.0 Å². The third-order valence-electron chi connectivity index (χ3n) is 4.68. The number of rotatable bonds is 6. The summed E-state index contributed by atoms with van der Waals surface area (Å²) in [5, 5.41) is 2.66. The Morgan fingerprint density at radius 3 is 1.33 bits per heavy atom. The van der Waals surface area contributed by atoms with Gasteiger partial charge in [-0.15, -0.1) is 0 Å². The molecule has 0 heterocycles. The summed E-state index contributed by atoms with van der Waals surface area (Å²) in [5.74, 6) is -1.33. The maximum atomic E-state index is 13.4. The minimum absolute atomic E-state index is 0.0299. The Labute approximate surface area is 177 Å². The standard InChI is InChI=1S/C25H25O4P/c1-19(2)29-25(27)23(24(26)28-3)30(20-13-7-4-8-14-20,21-15-9-5-10-16-21)22-17-11-6-12-18-22/h4-19H,1-3H3. The van der Waals surface area contributed by atoms with Gasteiger partial charge in [-0.25, -0.2) is 9.59 Å². The number of carbonyl (C=O) groups excluding carboxylic acids is 2. The third-order valence-corrected chi connectivity index (χ3v) is 8.93. The molecular formula is C25H25O4P. The van der Waals surface area contributed by atoms with E-state index in [0.29, 0.717) is 0 Å². The average Bonchev–Trinajstić information content (AvgIpc) is 2.78. The number of ether oxygens (including phenoxy) is 2. The minimum atomic E-state index is -2.88. The Balaban J connectivity index is 2.60. The second kappa shape index (κ2) is 9.60. The van der Waals surface area contributed by atoms with Gasteiger partial charge in [-0.1, -0.05) is 91.0 Å². The molecule has 0 atom stereocenters. The smallest absolute Gasteiger partial charge is 0.346 e. The van der Waals surface area contributed by atoms with Gasteiger partial charge in [0.1, 0.15) is 0 Å². The predicted molar refractivity (Wildman–Crippen MR) is 123 cm³/mol. The van der Waals surface area contributed by atoms with E-state index in [-0.39, 0.29) is 11.4 Å². The van der Waals surface area contributed by atoms with Gasteiger partial charge in [-0.05, 0) is 36.6 Å². The Morgan fingerprint density at radius 1 is 0.667 bits per heavy atom. The summed E-state index contributed by atoms with van der Waals surface area (Å²) in [6, 6.07) is 29.0. The average molecular weight is 420 g/mol. The highest BCUT2D eigenvalue weighted by Crippen LogP contribution is 2.46. The van der Waals surface area contributed by atoms with E-state index in [1.54, 1.807) is 13.8 Å². The van der Waals surface area contributed by atoms with Gasteiger partial charge < -0.3 is 9.47 Å². The monoisotopic (exact) mass is 420 g/mol. The molecule has 0 saturated carbocycles. The SMILES string of the molecule is COC(=O)C(C(=O)OC(C)C)=P(c1ccccc1)(c1ccccc1)c1ccccc1. The Bertz CT molecular complexity index is 955. The molecule has 5 heteroatoms. The number of hydrogen-bond donors (Lipinski definition) is 0. The lowest BCUT2D eigenvalue weighted by atomic mass is 10.3. The molecule has 0 spiro atoms. The fourth-order valence-electron chi connectivity index (χ4n) is 3.51. The summed E-state index contributed by atoms with van der Waals surface area (Å²) >= 11 is 0. The largest absolute Gasteiger partial charge is 0.465 e. The molecule has 0 aromatic heterocycles. The fourth-order valence-corrected chi connectivity index (χ4v) is 7.73. The molecule has 30 heavy (non-hydrogen) atoms. The molecule has 154 valence electrons. The molecule has 0 aliphatic heterocycles. The van der Waals surface area contributed by atoms with Gasteiger partial charge >= 0.3 is 11.9 Å². The first kappa shape index (κ1) is 21.6. The second-order valence-electron chi connectivity index (χ2n) is 6.97. The van der Waals surface area contributed by atoms with Crippen LogP contribution in [0.25, 0.3) is 0 Å². The number of esters is 2. The van der Waals surface area contributed by atoms with Crippen molar-refractivity contribution in [2.75, 3.05) is 7.11 Å². The van der Waals surface area contributed by atoms with Crippen LogP contribution in [0.4, 0.5) is 0 Å². The quantitative estimate of drug-likeness (QED) is 0.349. The van der Waals surface area contributed by atoms with Crippen LogP contribution in [0.3, 0.4) is 0 Å². The Morgan fingerprint density at radius 2 is 1.03 bits per heavy atom. The van der Waals surface area contributed by atoms with E-state index in [9.17, 15) is 9.59 Å². The zero-order valence-electron chi connectivity index (χ0n) is 17.3. The van der Waals surface area contributed by atoms with Crippen molar-refractivity contribution in [3.8, 4) is 0 Å². The minimum Gasteiger partial charge on any atom is -0.465 e. The first-order valence-electron chi connectivity index (χ1n) is 9.74. The van der Waals surface area contributed by atoms with Gasteiger partial charge in [0.05, 0.1) is 13.2 Å². The van der Waals surface area contributed by atoms with Crippen molar-refractivity contribution in [1.29, 1.82) is 0 Å². The highest BCUT2D eigenvalue weighted by Gasteiger charge is 2.38. The topological polar surface area (TPSA) is 52.6 Å². The van der Waals surface area contributed by atoms with E-state index >= 15 is 0 Å². The van der Waals surface area contributed by atoms with Gasteiger partial charge in [0.25, 0.3) is 0 Å². The van der Waals surface area contributed by atoms with Gasteiger partial charge in [-0.2, -0.15) is 0 Å². The van der Waals surface area contributed by atoms with Gasteiger partial charge in [0.2, 0.25) is 0 Å². The Kier molecular flexibility index (Phi) is 6.91. The van der Waals surface area contributed by atoms with Crippen molar-refractivity contribution in [2.45, 2.75) is 20.0 Å². The number of hydrogen-bond acceptors (Lipinski definition) is 4. The molecule has 3 rings (SSSR count). The molecule has 0 fully saturated rings. The molecule has 3 aromatic carbocycles. The van der Waals surface area contributed by atoms with Gasteiger partial charge in [0.15, 0.2) is 5.29 Å². The molecular weight excluding hydrogens is 395 g/mol. The second-order valence-corrected chi connectivity index (χ2v) is 10.3. The van der Waals surface area contributed by atoms with E-state index in [4.69, 9.17) is 9.47 Å². The lowest BCUT2D eigenvalue weighted by Gasteiger charge is -2.31. The molecule has 0 N–H and O–H groups in total. The van der Waals surface area contributed by atoms with Crippen LogP contribution in [0, 0.1) is 0 Å². The highest BCUT2D eigenvalue weighted by molar-refractivity contribution is 7.97. The van der Waals surface area contributed by atoms with Crippen LogP contribution in [0.1, 0.15) is 13.8 Å². The number of benzene rings is 3. The maximum absolute atomic E-state index is 13.4. The third kappa shape index (κ3) is 4.10. The molecule has 0 bridgehead atoms. The van der Waals surface area contributed by atoms with E-state index in [1.807, 2.05) is 91.0 Å². The van der Waals surface area contributed by atoms with Crippen LogP contribution in [-0.2, 0) is 19.1 Å². The Hall–Kier alpha value is -3.10. The van der Waals surface area contributed by atoms with Crippen LogP contribution < -0.4 is 15.9 Å². The summed E-state index contributed by atoms with van der Waals surface area (Å²) in [6.45, 7) is 0.648. The first-order valence-corrected chi connectivity index (χ1v) is 11.5. The van der Waals surface area contributed by atoms with Crippen molar-refractivity contribution in [2.24, 2.45) is 0 Å². The highest BCUT2D eigenvalue weighted by atomic mass is 31.2. The maximum Gasteiger partial charge on any atom is 0.346 e. The fraction of sp³-hybridized carbons (Fsp3) is 0.160. The molecule has 0 radical (unpaired) electrons. The lowest BCUT2D eigenvalue weighted by molar-refractivity contribution is -0.141. The van der Waals surface area contributed by atoms with Crippen LogP contribution in [0.15, 0.2) is 91.0 Å². The molecule has 0 unspecified atom stereocenters. The zero-order valence-corrected chi connectivity index (χ0v) is 18.2. The summed E-state index contributed by atoms with van der Waals surface area (Å²) in [5.41, 5.74) is 0. The van der Waals surface area contributed by atoms with Crippen molar-refractivity contribution in [3.05, 3.63) is 91.0 Å². The molecule has 3 aromatic rings. The predicted octanol–water partition coefficient (Wildman–Crippen LogP) is 3.28. The van der Waals surface area contributed by atoms with Crippen LogP contribution in [0.5, 0.6) is 0 Å². The van der Waals surface area contributed by atoms with E-state index < -0.39 is 18.8 Å². The van der Waals surface area contributed by atoms with Crippen molar-refractivity contribution < 1.29 is 19.1 Å². The summed E-state index contributed by atoms with van der Waals surface area (Å²) in [7, 11) is 1.29. The summed E-state index contributed by atoms with van der Waals surface area (Å²) in [4.78, 5) is 26.6. The van der Waals surface area contributed by atoms with Crippen molar-refractivity contribution in [1.82, 2.24) is 0 Å². The molecule has 4 nitrogen and oxygen atoms in total. The number of methoxy groups -OCH3 is 1. The van der Waals surface area contributed by atoms with E-state index in [2.05, 4.69) is 0 Å². The van der Waals surface area contributed by atoms with Crippen LogP contribution in [0.2, 0.25) is 0 Å². The van der Waals surface area contributed by atoms with E-state index in [0.717, 1.165) is 15.9 Å². The van der Waals surface area contributed by atoms with Crippen molar-refractivity contribution in [3.63, 3.8) is 0 Å². The normalized spacial score (nSPS) is 11.1. The van der Waals surface area contributed by atoms with Gasteiger partial charge in [-0.3, -0.25) is 0 Å². The molecule has 0 aliphatic rings. The molecule has 0 amide bonds. The summed E-state index contributed by atoms with van der Waals surface area (Å²) < 4.78 is 10.7. The number of carbonyl (C=O) groups is 2. The molecule has 0 aliphatic carbocycles. The zero-order chi connectivity index (χ0) is 21.6. The first-order chi connectivity index (χ1) is 14.5. The van der Waals surface area contributed by atoms with E-state index in [1.165, 1.54) is 7.11 Å². The molecule has 0 saturated heterocycles. The lowest BCUT2D eigenvalue weighted by Crippen LogP contribution is -2.39. The van der Waals surface area contributed by atoms with Crippen LogP contribution >= 0.6 is 6.89 Å². The van der Waals surface area contributed by atoms with Gasteiger partial charge in [0, 0.05) is 0 Å². The summed E-state index contributed by atoms with van der Waals surface area (Å²) in [6.07, 6.45) is -0.374. The van der Waals surface area contributed by atoms with Crippen LogP contribution in [-0.4, -0.2) is 30.4 Å².